The van der Waals surface area contributed by atoms with Gasteiger partial charge in [-0.3, -0.25) is 0 Å². The maximum atomic E-state index is 12.4. The largest absolute Gasteiger partial charge is 0.361 e. The van der Waals surface area contributed by atoms with Crippen molar-refractivity contribution < 1.29 is 9.32 Å². The minimum absolute atomic E-state index is 0.200. The maximum absolute atomic E-state index is 12.4. The Labute approximate surface area is 119 Å². The van der Waals surface area contributed by atoms with E-state index in [2.05, 4.69) is 13.8 Å². The first-order valence-corrected chi connectivity index (χ1v) is 7.55. The van der Waals surface area contributed by atoms with Crippen molar-refractivity contribution in [3.8, 4) is 0 Å². The molecule has 1 fully saturated rings. The van der Waals surface area contributed by atoms with Gasteiger partial charge in [0, 0.05) is 13.1 Å². The molecule has 0 saturated carbocycles. The topological polar surface area (TPSA) is 55.5 Å². The zero-order chi connectivity index (χ0) is 14.7. The van der Waals surface area contributed by atoms with E-state index in [1.54, 1.807) is 11.8 Å². The molecule has 5 heteroatoms. The van der Waals surface area contributed by atoms with Crippen LogP contribution in [0.4, 0.5) is 4.79 Å². The van der Waals surface area contributed by atoms with E-state index in [1.165, 1.54) is 4.74 Å². The number of unbranched alkanes of at least 4 members (excludes halogenated alkanes) is 1. The summed E-state index contributed by atoms with van der Waals surface area (Å²) in [6.45, 7) is 7.55. The molecule has 1 aromatic rings. The van der Waals surface area contributed by atoms with E-state index in [-0.39, 0.29) is 11.7 Å². The molecule has 0 spiro atoms. The number of piperidine rings is 1. The summed E-state index contributed by atoms with van der Waals surface area (Å²) in [5.41, 5.74) is 0.937. The number of carbonyl (C=O) groups is 1. The van der Waals surface area contributed by atoms with Crippen molar-refractivity contribution in [1.82, 2.24) is 9.64 Å². The van der Waals surface area contributed by atoms with Gasteiger partial charge in [-0.15, -0.1) is 4.74 Å². The van der Waals surface area contributed by atoms with Gasteiger partial charge in [-0.2, -0.15) is 0 Å². The smallest absolute Gasteiger partial charge is 0.327 e. The van der Waals surface area contributed by atoms with E-state index in [0.717, 1.165) is 38.8 Å². The summed E-state index contributed by atoms with van der Waals surface area (Å²) in [6, 6.07) is -0.200. The van der Waals surface area contributed by atoms with Gasteiger partial charge in [0.1, 0.15) is 0 Å². The lowest BCUT2D eigenvalue weighted by molar-refractivity contribution is 0.146. The van der Waals surface area contributed by atoms with E-state index in [4.69, 9.17) is 4.52 Å². The summed E-state index contributed by atoms with van der Waals surface area (Å²) >= 11 is 0. The molecular formula is C15H24N2O3. The average Bonchev–Trinajstić information content (AvgIpc) is 2.72. The van der Waals surface area contributed by atoms with Crippen LogP contribution in [0.15, 0.2) is 9.32 Å². The second kappa shape index (κ2) is 6.29. The Morgan fingerprint density at radius 1 is 1.35 bits per heavy atom. The van der Waals surface area contributed by atoms with Crippen LogP contribution in [0.5, 0.6) is 0 Å². The lowest BCUT2D eigenvalue weighted by Crippen LogP contribution is -2.40. The lowest BCUT2D eigenvalue weighted by Gasteiger charge is -2.29. The molecule has 1 aromatic heterocycles. The van der Waals surface area contributed by atoms with Crippen LogP contribution in [0.3, 0.4) is 0 Å². The molecular weight excluding hydrogens is 256 g/mol. The highest BCUT2D eigenvalue weighted by molar-refractivity contribution is 5.76. The van der Waals surface area contributed by atoms with Gasteiger partial charge < -0.3 is 9.42 Å². The molecule has 0 atom stereocenters. The van der Waals surface area contributed by atoms with Crippen LogP contribution in [0.25, 0.3) is 0 Å². The molecule has 0 unspecified atom stereocenters. The van der Waals surface area contributed by atoms with Crippen molar-refractivity contribution in [3.63, 3.8) is 0 Å². The molecule has 2 heterocycles. The maximum Gasteiger partial charge on any atom is 0.361 e. The molecule has 112 valence electrons. The molecule has 1 amide bonds. The first-order chi connectivity index (χ1) is 9.54. The van der Waals surface area contributed by atoms with Gasteiger partial charge >= 0.3 is 11.7 Å². The third-order valence-corrected chi connectivity index (χ3v) is 4.17. The van der Waals surface area contributed by atoms with Crippen LogP contribution in [-0.2, 0) is 6.42 Å². The molecule has 20 heavy (non-hydrogen) atoms. The van der Waals surface area contributed by atoms with Gasteiger partial charge in [0.2, 0.25) is 0 Å². The summed E-state index contributed by atoms with van der Waals surface area (Å²) in [5.74, 6) is 0.664. The van der Waals surface area contributed by atoms with Crippen LogP contribution in [-0.4, -0.2) is 28.8 Å². The number of likely N-dealkylation sites (tertiary alicyclic amines) is 1. The summed E-state index contributed by atoms with van der Waals surface area (Å²) < 4.78 is 6.34. The number of hydrogen-bond donors (Lipinski definition) is 0. The fourth-order valence-corrected chi connectivity index (χ4v) is 2.62. The molecule has 0 radical (unpaired) electrons. The Hall–Kier alpha value is -1.52. The standard InChI is InChI=1S/C15H24N2O3/c1-4-5-6-13-12(3)17(20-14(13)18)15(19)16-9-7-11(2)8-10-16/h11H,4-10H2,1-3H3. The molecule has 1 aliphatic heterocycles. The highest BCUT2D eigenvalue weighted by Crippen LogP contribution is 2.18. The second-order valence-corrected chi connectivity index (χ2v) is 5.79. The Morgan fingerprint density at radius 3 is 2.60 bits per heavy atom. The average molecular weight is 280 g/mol. The molecule has 1 saturated heterocycles. The van der Waals surface area contributed by atoms with Crippen molar-refractivity contribution in [3.05, 3.63) is 21.7 Å². The molecule has 1 aliphatic rings. The van der Waals surface area contributed by atoms with Crippen molar-refractivity contribution in [2.45, 2.75) is 52.9 Å². The number of hydrogen-bond acceptors (Lipinski definition) is 3. The van der Waals surface area contributed by atoms with Crippen molar-refractivity contribution in [2.75, 3.05) is 13.1 Å². The Kier molecular flexibility index (Phi) is 4.68. The number of carbonyl (C=O) groups excluding carboxylic acids is 1. The third-order valence-electron chi connectivity index (χ3n) is 4.17. The van der Waals surface area contributed by atoms with Crippen LogP contribution in [0.1, 0.15) is 50.8 Å². The lowest BCUT2D eigenvalue weighted by atomic mass is 10.00. The Balaban J connectivity index is 2.16. The quantitative estimate of drug-likeness (QED) is 0.855. The number of amides is 1. The molecule has 0 aliphatic carbocycles. The number of aromatic nitrogens is 1. The summed E-state index contributed by atoms with van der Waals surface area (Å²) in [6.07, 6.45) is 4.66. The van der Waals surface area contributed by atoms with E-state index in [0.29, 0.717) is 23.6 Å². The third kappa shape index (κ3) is 2.97. The molecule has 0 aromatic carbocycles. The van der Waals surface area contributed by atoms with Gasteiger partial charge in [0.05, 0.1) is 11.3 Å². The minimum atomic E-state index is -0.366. The first-order valence-electron chi connectivity index (χ1n) is 7.55. The summed E-state index contributed by atoms with van der Waals surface area (Å²) in [5, 5.41) is 0. The van der Waals surface area contributed by atoms with Crippen molar-refractivity contribution >= 4 is 6.03 Å². The van der Waals surface area contributed by atoms with E-state index in [1.807, 2.05) is 0 Å². The van der Waals surface area contributed by atoms with E-state index < -0.39 is 0 Å². The summed E-state index contributed by atoms with van der Waals surface area (Å²) in [7, 11) is 0. The Bertz CT molecular complexity index is 522. The predicted molar refractivity (Wildman–Crippen MR) is 77.1 cm³/mol. The normalized spacial score (nSPS) is 16.6. The summed E-state index contributed by atoms with van der Waals surface area (Å²) in [4.78, 5) is 26.0. The molecule has 5 nitrogen and oxygen atoms in total. The minimum Gasteiger partial charge on any atom is -0.327 e. The van der Waals surface area contributed by atoms with E-state index in [9.17, 15) is 9.59 Å². The highest BCUT2D eigenvalue weighted by Gasteiger charge is 2.25. The highest BCUT2D eigenvalue weighted by atomic mass is 16.5. The fourth-order valence-electron chi connectivity index (χ4n) is 2.62. The Morgan fingerprint density at radius 2 is 2.00 bits per heavy atom. The van der Waals surface area contributed by atoms with Gasteiger partial charge in [-0.1, -0.05) is 20.3 Å². The molecule has 0 bridgehead atoms. The van der Waals surface area contributed by atoms with Crippen LogP contribution < -0.4 is 5.63 Å². The van der Waals surface area contributed by atoms with Gasteiger partial charge in [0.25, 0.3) is 0 Å². The van der Waals surface area contributed by atoms with E-state index >= 15 is 0 Å². The zero-order valence-electron chi connectivity index (χ0n) is 12.6. The zero-order valence-corrected chi connectivity index (χ0v) is 12.6. The van der Waals surface area contributed by atoms with Crippen molar-refractivity contribution in [2.24, 2.45) is 5.92 Å². The predicted octanol–water partition coefficient (Wildman–Crippen LogP) is 2.79. The second-order valence-electron chi connectivity index (χ2n) is 5.79. The van der Waals surface area contributed by atoms with Gasteiger partial charge in [0.15, 0.2) is 0 Å². The van der Waals surface area contributed by atoms with Gasteiger partial charge in [-0.25, -0.2) is 9.59 Å². The van der Waals surface area contributed by atoms with Crippen LogP contribution >= 0.6 is 0 Å². The van der Waals surface area contributed by atoms with Crippen molar-refractivity contribution in [1.29, 1.82) is 0 Å². The molecule has 2 rings (SSSR count). The SMILES string of the molecule is CCCCc1c(C)n(C(=O)N2CCC(C)CC2)oc1=O. The number of rotatable bonds is 3. The number of nitrogens with zero attached hydrogens (tertiary/aromatic N) is 2. The van der Waals surface area contributed by atoms with Crippen LogP contribution in [0.2, 0.25) is 0 Å². The first kappa shape index (κ1) is 14.9. The van der Waals surface area contributed by atoms with Crippen LogP contribution in [0, 0.1) is 12.8 Å². The fraction of sp³-hybridized carbons (Fsp3) is 0.733. The van der Waals surface area contributed by atoms with Gasteiger partial charge in [-0.05, 0) is 38.5 Å². The monoisotopic (exact) mass is 280 g/mol. The molecule has 0 N–H and O–H groups in total.